The third kappa shape index (κ3) is 1.90. The van der Waals surface area contributed by atoms with Gasteiger partial charge in [0, 0.05) is 18.2 Å². The van der Waals surface area contributed by atoms with Gasteiger partial charge in [-0.05, 0) is 15.9 Å². The SMILES string of the molecule is O=C1CC(S)CN1c1cnc(Br)cn1. The Bertz CT molecular complexity index is 356. The van der Waals surface area contributed by atoms with E-state index < -0.39 is 0 Å². The van der Waals surface area contributed by atoms with Crippen molar-refractivity contribution in [3.05, 3.63) is 17.0 Å². The van der Waals surface area contributed by atoms with Gasteiger partial charge in [-0.3, -0.25) is 9.69 Å². The van der Waals surface area contributed by atoms with Crippen molar-refractivity contribution in [1.29, 1.82) is 0 Å². The number of carbonyl (C=O) groups is 1. The number of thiol groups is 1. The molecule has 0 bridgehead atoms. The first-order chi connectivity index (χ1) is 6.66. The second-order valence-corrected chi connectivity index (χ2v) is 4.60. The van der Waals surface area contributed by atoms with Gasteiger partial charge in [-0.2, -0.15) is 12.6 Å². The Balaban J connectivity index is 2.23. The van der Waals surface area contributed by atoms with Gasteiger partial charge in [0.15, 0.2) is 5.82 Å². The van der Waals surface area contributed by atoms with Gasteiger partial charge in [0.1, 0.15) is 4.60 Å². The molecule has 14 heavy (non-hydrogen) atoms. The molecule has 1 aromatic rings. The molecule has 2 rings (SSSR count). The van der Waals surface area contributed by atoms with E-state index >= 15 is 0 Å². The number of anilines is 1. The van der Waals surface area contributed by atoms with Crippen LogP contribution in [-0.2, 0) is 4.79 Å². The fourth-order valence-electron chi connectivity index (χ4n) is 1.36. The first-order valence-corrected chi connectivity index (χ1v) is 5.44. The highest BCUT2D eigenvalue weighted by molar-refractivity contribution is 9.10. The number of carbonyl (C=O) groups excluding carboxylic acids is 1. The average Bonchev–Trinajstić information content (AvgIpc) is 2.47. The molecule has 0 aromatic carbocycles. The van der Waals surface area contributed by atoms with E-state index in [0.29, 0.717) is 23.4 Å². The van der Waals surface area contributed by atoms with Gasteiger partial charge in [0.2, 0.25) is 5.91 Å². The van der Waals surface area contributed by atoms with Crippen LogP contribution in [0, 0.1) is 0 Å². The van der Waals surface area contributed by atoms with Crippen LogP contribution in [0.25, 0.3) is 0 Å². The molecule has 74 valence electrons. The van der Waals surface area contributed by atoms with Gasteiger partial charge in [0.25, 0.3) is 0 Å². The second-order valence-electron chi connectivity index (χ2n) is 3.06. The molecule has 1 atom stereocenters. The summed E-state index contributed by atoms with van der Waals surface area (Å²) in [4.78, 5) is 21.2. The Morgan fingerprint density at radius 1 is 1.50 bits per heavy atom. The predicted molar refractivity (Wildman–Crippen MR) is 59.5 cm³/mol. The van der Waals surface area contributed by atoms with Crippen LogP contribution in [0.2, 0.25) is 0 Å². The number of halogens is 1. The number of nitrogens with zero attached hydrogens (tertiary/aromatic N) is 3. The zero-order valence-corrected chi connectivity index (χ0v) is 9.70. The first-order valence-electron chi connectivity index (χ1n) is 4.13. The van der Waals surface area contributed by atoms with Gasteiger partial charge in [-0.1, -0.05) is 0 Å². The van der Waals surface area contributed by atoms with Gasteiger partial charge in [-0.25, -0.2) is 9.97 Å². The maximum absolute atomic E-state index is 11.5. The van der Waals surface area contributed by atoms with E-state index in [1.807, 2.05) is 0 Å². The zero-order chi connectivity index (χ0) is 10.1. The van der Waals surface area contributed by atoms with Crippen LogP contribution in [0.4, 0.5) is 5.82 Å². The lowest BCUT2D eigenvalue weighted by Gasteiger charge is -2.13. The van der Waals surface area contributed by atoms with Crippen LogP contribution in [0.1, 0.15) is 6.42 Å². The van der Waals surface area contributed by atoms with Crippen molar-refractivity contribution < 1.29 is 4.79 Å². The molecule has 0 N–H and O–H groups in total. The van der Waals surface area contributed by atoms with E-state index in [1.54, 1.807) is 17.3 Å². The quantitative estimate of drug-likeness (QED) is 0.784. The summed E-state index contributed by atoms with van der Waals surface area (Å²) in [6.45, 7) is 0.609. The van der Waals surface area contributed by atoms with Crippen molar-refractivity contribution in [2.45, 2.75) is 11.7 Å². The molecule has 2 heterocycles. The zero-order valence-electron chi connectivity index (χ0n) is 7.22. The molecule has 1 fully saturated rings. The topological polar surface area (TPSA) is 46.1 Å². The van der Waals surface area contributed by atoms with Crippen molar-refractivity contribution in [3.63, 3.8) is 0 Å². The number of rotatable bonds is 1. The smallest absolute Gasteiger partial charge is 0.229 e. The number of hydrogen-bond donors (Lipinski definition) is 1. The normalized spacial score (nSPS) is 21.7. The standard InChI is InChI=1S/C8H8BrN3OS/c9-6-2-11-7(3-10-6)12-4-5(14)1-8(12)13/h2-3,5,14H,1,4H2. The van der Waals surface area contributed by atoms with Gasteiger partial charge < -0.3 is 0 Å². The van der Waals surface area contributed by atoms with Crippen LogP contribution in [-0.4, -0.2) is 27.7 Å². The monoisotopic (exact) mass is 273 g/mol. The maximum atomic E-state index is 11.5. The minimum absolute atomic E-state index is 0.0571. The van der Waals surface area contributed by atoms with Gasteiger partial charge in [-0.15, -0.1) is 0 Å². The Morgan fingerprint density at radius 2 is 2.29 bits per heavy atom. The van der Waals surface area contributed by atoms with E-state index in [-0.39, 0.29) is 11.2 Å². The molecule has 1 saturated heterocycles. The molecule has 0 radical (unpaired) electrons. The molecule has 1 aromatic heterocycles. The summed E-state index contributed by atoms with van der Waals surface area (Å²) < 4.78 is 0.662. The summed E-state index contributed by atoms with van der Waals surface area (Å²) in [7, 11) is 0. The Hall–Kier alpha value is -0.620. The van der Waals surface area contributed by atoms with Crippen LogP contribution >= 0.6 is 28.6 Å². The summed E-state index contributed by atoms with van der Waals surface area (Å²) in [6.07, 6.45) is 3.63. The molecule has 1 unspecified atom stereocenters. The minimum Gasteiger partial charge on any atom is -0.294 e. The Kier molecular flexibility index (Phi) is 2.73. The molecular formula is C8H8BrN3OS. The van der Waals surface area contributed by atoms with Crippen molar-refractivity contribution in [2.75, 3.05) is 11.4 Å². The van der Waals surface area contributed by atoms with Crippen molar-refractivity contribution in [3.8, 4) is 0 Å². The molecule has 0 saturated carbocycles. The van der Waals surface area contributed by atoms with Crippen LogP contribution in [0.5, 0.6) is 0 Å². The number of hydrogen-bond acceptors (Lipinski definition) is 4. The highest BCUT2D eigenvalue weighted by Crippen LogP contribution is 2.21. The lowest BCUT2D eigenvalue weighted by atomic mass is 10.4. The number of amides is 1. The highest BCUT2D eigenvalue weighted by atomic mass is 79.9. The average molecular weight is 274 g/mol. The molecule has 6 heteroatoms. The number of aromatic nitrogens is 2. The van der Waals surface area contributed by atoms with Crippen molar-refractivity contribution >= 4 is 40.3 Å². The lowest BCUT2D eigenvalue weighted by Crippen LogP contribution is -2.25. The van der Waals surface area contributed by atoms with Crippen LogP contribution in [0.15, 0.2) is 17.0 Å². The summed E-state index contributed by atoms with van der Waals surface area (Å²) in [5.41, 5.74) is 0. The first kappa shape index (κ1) is 9.92. The van der Waals surface area contributed by atoms with Crippen LogP contribution in [0.3, 0.4) is 0 Å². The molecule has 0 spiro atoms. The minimum atomic E-state index is 0.0571. The van der Waals surface area contributed by atoms with E-state index in [9.17, 15) is 4.79 Å². The largest absolute Gasteiger partial charge is 0.294 e. The summed E-state index contributed by atoms with van der Waals surface area (Å²) in [6, 6.07) is 0. The molecular weight excluding hydrogens is 266 g/mol. The molecule has 1 amide bonds. The van der Waals surface area contributed by atoms with E-state index in [0.717, 1.165) is 0 Å². The summed E-state index contributed by atoms with van der Waals surface area (Å²) in [5, 5.41) is 0.105. The fourth-order valence-corrected chi connectivity index (χ4v) is 1.88. The molecule has 0 aliphatic carbocycles. The van der Waals surface area contributed by atoms with Crippen molar-refractivity contribution in [2.24, 2.45) is 0 Å². The Morgan fingerprint density at radius 3 is 2.79 bits per heavy atom. The summed E-state index contributed by atoms with van der Waals surface area (Å²) >= 11 is 7.45. The highest BCUT2D eigenvalue weighted by Gasteiger charge is 2.29. The third-order valence-electron chi connectivity index (χ3n) is 1.99. The van der Waals surface area contributed by atoms with Crippen LogP contribution < -0.4 is 4.90 Å². The van der Waals surface area contributed by atoms with E-state index in [2.05, 4.69) is 38.5 Å². The second kappa shape index (κ2) is 3.86. The van der Waals surface area contributed by atoms with E-state index in [1.165, 1.54) is 0 Å². The fraction of sp³-hybridized carbons (Fsp3) is 0.375. The molecule has 1 aliphatic heterocycles. The van der Waals surface area contributed by atoms with Gasteiger partial charge in [0.05, 0.1) is 12.4 Å². The molecule has 4 nitrogen and oxygen atoms in total. The molecule has 1 aliphatic rings. The van der Waals surface area contributed by atoms with E-state index in [4.69, 9.17) is 0 Å². The predicted octanol–water partition coefficient (Wildman–Crippen LogP) is 1.27. The third-order valence-corrected chi connectivity index (χ3v) is 2.74. The maximum Gasteiger partial charge on any atom is 0.229 e. The Labute approximate surface area is 95.3 Å². The summed E-state index contributed by atoms with van der Waals surface area (Å²) in [5.74, 6) is 0.649. The van der Waals surface area contributed by atoms with Gasteiger partial charge >= 0.3 is 0 Å². The van der Waals surface area contributed by atoms with Crippen molar-refractivity contribution in [1.82, 2.24) is 9.97 Å². The lowest BCUT2D eigenvalue weighted by molar-refractivity contribution is -0.117.